The van der Waals surface area contributed by atoms with Crippen molar-refractivity contribution in [2.24, 2.45) is 0 Å². The number of thiophene rings is 1. The van der Waals surface area contributed by atoms with Crippen LogP contribution >= 0.6 is 11.3 Å². The van der Waals surface area contributed by atoms with Crippen LogP contribution in [0.15, 0.2) is 41.8 Å². The third-order valence-corrected chi connectivity index (χ3v) is 5.59. The first-order valence-electron chi connectivity index (χ1n) is 9.15. The van der Waals surface area contributed by atoms with Gasteiger partial charge in [0.25, 0.3) is 5.91 Å². The molecule has 0 saturated carbocycles. The minimum atomic E-state index is -0.519. The molecule has 3 heterocycles. The molecule has 2 aliphatic heterocycles. The van der Waals surface area contributed by atoms with Crippen LogP contribution in [0.2, 0.25) is 0 Å². The summed E-state index contributed by atoms with van der Waals surface area (Å²) in [5, 5.41) is 4.95. The number of carbonyl (C=O) groups is 1. The summed E-state index contributed by atoms with van der Waals surface area (Å²) in [6.45, 7) is 2.77. The van der Waals surface area contributed by atoms with Crippen LogP contribution in [0.25, 0.3) is 0 Å². The van der Waals surface area contributed by atoms with Crippen molar-refractivity contribution >= 4 is 17.2 Å². The van der Waals surface area contributed by atoms with Crippen molar-refractivity contribution < 1.29 is 23.7 Å². The van der Waals surface area contributed by atoms with Gasteiger partial charge in [-0.2, -0.15) is 0 Å². The van der Waals surface area contributed by atoms with Crippen molar-refractivity contribution in [1.29, 1.82) is 0 Å². The maximum absolute atomic E-state index is 12.4. The monoisotopic (exact) mass is 389 g/mol. The Kier molecular flexibility index (Phi) is 5.73. The minimum absolute atomic E-state index is 0.125. The fourth-order valence-electron chi connectivity index (χ4n) is 3.22. The summed E-state index contributed by atoms with van der Waals surface area (Å²) in [5.41, 5.74) is 0.596. The van der Waals surface area contributed by atoms with E-state index in [1.165, 1.54) is 0 Å². The predicted molar refractivity (Wildman–Crippen MR) is 101 cm³/mol. The summed E-state index contributed by atoms with van der Waals surface area (Å²) in [6.07, 6.45) is 1.36. The molecule has 1 spiro atoms. The quantitative estimate of drug-likeness (QED) is 0.823. The van der Waals surface area contributed by atoms with Crippen LogP contribution in [0.4, 0.5) is 0 Å². The fraction of sp³-hybridized carbons (Fsp3) is 0.450. The van der Waals surface area contributed by atoms with Gasteiger partial charge in [-0.05, 0) is 35.7 Å². The molecule has 1 aromatic carbocycles. The van der Waals surface area contributed by atoms with Gasteiger partial charge in [0.15, 0.2) is 5.79 Å². The van der Waals surface area contributed by atoms with E-state index < -0.39 is 5.79 Å². The molecular formula is C20H23NO5S. The van der Waals surface area contributed by atoms with Gasteiger partial charge in [-0.3, -0.25) is 4.79 Å². The molecule has 1 aromatic heterocycles. The fourth-order valence-corrected chi connectivity index (χ4v) is 3.84. The highest BCUT2D eigenvalue weighted by Gasteiger charge is 2.42. The standard InChI is InChI=1S/C20H23NO5S/c22-19(21-12-17-13-25-20(26-17)7-9-23-10-8-20)15-3-5-16(6-4-15)24-14-18-2-1-11-27-18/h1-6,11,17H,7-10,12-14H2,(H,21,22)/t17-/m0/s1. The van der Waals surface area contributed by atoms with E-state index in [-0.39, 0.29) is 12.0 Å². The lowest BCUT2D eigenvalue weighted by Crippen LogP contribution is -2.39. The maximum Gasteiger partial charge on any atom is 0.251 e. The topological polar surface area (TPSA) is 66.0 Å². The second kappa shape index (κ2) is 8.39. The largest absolute Gasteiger partial charge is 0.488 e. The summed E-state index contributed by atoms with van der Waals surface area (Å²) in [5.74, 6) is 0.0973. The van der Waals surface area contributed by atoms with Crippen LogP contribution in [-0.2, 0) is 20.8 Å². The average molecular weight is 389 g/mol. The van der Waals surface area contributed by atoms with Crippen molar-refractivity contribution in [3.63, 3.8) is 0 Å². The van der Waals surface area contributed by atoms with E-state index in [4.69, 9.17) is 18.9 Å². The molecule has 1 amide bonds. The Bertz CT molecular complexity index is 740. The molecule has 2 saturated heterocycles. The number of amides is 1. The molecule has 4 rings (SSSR count). The zero-order valence-corrected chi connectivity index (χ0v) is 15.8. The van der Waals surface area contributed by atoms with Gasteiger partial charge in [-0.1, -0.05) is 6.07 Å². The Morgan fingerprint density at radius 3 is 2.78 bits per heavy atom. The molecule has 7 heteroatoms. The van der Waals surface area contributed by atoms with E-state index in [0.717, 1.165) is 23.5 Å². The van der Waals surface area contributed by atoms with Crippen molar-refractivity contribution in [3.8, 4) is 5.75 Å². The summed E-state index contributed by atoms with van der Waals surface area (Å²) < 4.78 is 22.9. The summed E-state index contributed by atoms with van der Waals surface area (Å²) in [7, 11) is 0. The molecule has 2 aliphatic rings. The van der Waals surface area contributed by atoms with Crippen LogP contribution < -0.4 is 10.1 Å². The molecule has 144 valence electrons. The molecule has 0 unspecified atom stereocenters. The molecule has 1 atom stereocenters. The summed E-state index contributed by atoms with van der Waals surface area (Å²) >= 11 is 1.66. The van der Waals surface area contributed by atoms with E-state index in [9.17, 15) is 4.79 Å². The molecular weight excluding hydrogens is 366 g/mol. The molecule has 2 aromatic rings. The van der Waals surface area contributed by atoms with Gasteiger partial charge in [-0.25, -0.2) is 0 Å². The van der Waals surface area contributed by atoms with Crippen LogP contribution in [0.3, 0.4) is 0 Å². The number of nitrogens with one attached hydrogen (secondary N) is 1. The minimum Gasteiger partial charge on any atom is -0.488 e. The number of hydrogen-bond donors (Lipinski definition) is 1. The van der Waals surface area contributed by atoms with Crippen molar-refractivity contribution in [3.05, 3.63) is 52.2 Å². The first-order valence-corrected chi connectivity index (χ1v) is 10.0. The third-order valence-electron chi connectivity index (χ3n) is 4.74. The number of rotatable bonds is 6. The first kappa shape index (κ1) is 18.4. The van der Waals surface area contributed by atoms with Gasteiger partial charge < -0.3 is 24.3 Å². The van der Waals surface area contributed by atoms with E-state index in [0.29, 0.717) is 38.5 Å². The van der Waals surface area contributed by atoms with Crippen molar-refractivity contribution in [2.75, 3.05) is 26.4 Å². The zero-order chi connectivity index (χ0) is 18.5. The average Bonchev–Trinajstić information content (AvgIpc) is 3.36. The molecule has 6 nitrogen and oxygen atoms in total. The van der Waals surface area contributed by atoms with Gasteiger partial charge >= 0.3 is 0 Å². The van der Waals surface area contributed by atoms with E-state index in [1.54, 1.807) is 23.5 Å². The Morgan fingerprint density at radius 2 is 2.04 bits per heavy atom. The Balaban J connectivity index is 1.23. The molecule has 0 radical (unpaired) electrons. The second-order valence-electron chi connectivity index (χ2n) is 6.68. The van der Waals surface area contributed by atoms with Crippen LogP contribution in [0.5, 0.6) is 5.75 Å². The highest BCUT2D eigenvalue weighted by Crippen LogP contribution is 2.33. The van der Waals surface area contributed by atoms with E-state index in [1.807, 2.05) is 29.6 Å². The smallest absolute Gasteiger partial charge is 0.251 e. The van der Waals surface area contributed by atoms with Crippen LogP contribution in [0.1, 0.15) is 28.1 Å². The van der Waals surface area contributed by atoms with Crippen molar-refractivity contribution in [2.45, 2.75) is 31.3 Å². The highest BCUT2D eigenvalue weighted by atomic mass is 32.1. The Morgan fingerprint density at radius 1 is 1.22 bits per heavy atom. The molecule has 0 bridgehead atoms. The van der Waals surface area contributed by atoms with Crippen LogP contribution in [0, 0.1) is 0 Å². The van der Waals surface area contributed by atoms with Gasteiger partial charge in [0.1, 0.15) is 18.5 Å². The first-order chi connectivity index (χ1) is 13.2. The van der Waals surface area contributed by atoms with Crippen molar-refractivity contribution in [1.82, 2.24) is 5.32 Å². The predicted octanol–water partition coefficient (Wildman–Crippen LogP) is 2.98. The lowest BCUT2D eigenvalue weighted by atomic mass is 10.1. The maximum atomic E-state index is 12.4. The lowest BCUT2D eigenvalue weighted by molar-refractivity contribution is -0.210. The Labute approximate surface area is 162 Å². The number of ether oxygens (including phenoxy) is 4. The molecule has 27 heavy (non-hydrogen) atoms. The number of hydrogen-bond acceptors (Lipinski definition) is 6. The number of benzene rings is 1. The summed E-state index contributed by atoms with van der Waals surface area (Å²) in [4.78, 5) is 13.5. The van der Waals surface area contributed by atoms with Gasteiger partial charge in [0.05, 0.1) is 19.8 Å². The van der Waals surface area contributed by atoms with E-state index in [2.05, 4.69) is 5.32 Å². The SMILES string of the molecule is O=C(NC[C@H]1COC2(CCOCC2)O1)c1ccc(OCc2cccs2)cc1. The second-order valence-corrected chi connectivity index (χ2v) is 7.71. The van der Waals surface area contributed by atoms with E-state index >= 15 is 0 Å². The van der Waals surface area contributed by atoms with Gasteiger partial charge in [-0.15, -0.1) is 11.3 Å². The normalized spacial score (nSPS) is 21.3. The number of carbonyl (C=O) groups excluding carboxylic acids is 1. The Hall–Kier alpha value is -1.93. The van der Waals surface area contributed by atoms with Crippen LogP contribution in [-0.4, -0.2) is 44.2 Å². The highest BCUT2D eigenvalue weighted by molar-refractivity contribution is 7.09. The molecule has 2 fully saturated rings. The third kappa shape index (κ3) is 4.68. The van der Waals surface area contributed by atoms with Gasteiger partial charge in [0.2, 0.25) is 0 Å². The summed E-state index contributed by atoms with van der Waals surface area (Å²) in [6, 6.07) is 11.2. The van der Waals surface area contributed by atoms with Gasteiger partial charge in [0, 0.05) is 29.8 Å². The zero-order valence-electron chi connectivity index (χ0n) is 15.0. The molecule has 1 N–H and O–H groups in total. The molecule has 0 aliphatic carbocycles. The lowest BCUT2D eigenvalue weighted by Gasteiger charge is -2.31.